The van der Waals surface area contributed by atoms with Gasteiger partial charge < -0.3 is 0 Å². The number of hydrogen-bond donors (Lipinski definition) is 0. The normalized spacial score (nSPS) is 28.2. The summed E-state index contributed by atoms with van der Waals surface area (Å²) in [5.41, 5.74) is 0.803. The summed E-state index contributed by atoms with van der Waals surface area (Å²) in [5.74, 6) is 0. The van der Waals surface area contributed by atoms with Gasteiger partial charge in [0.1, 0.15) is 0 Å². The second-order valence-electron chi connectivity index (χ2n) is 7.75. The van der Waals surface area contributed by atoms with Crippen molar-refractivity contribution < 1.29 is 0 Å². The van der Waals surface area contributed by atoms with Gasteiger partial charge in [0.15, 0.2) is 18.8 Å². The Kier molecular flexibility index (Phi) is 3.57. The number of fused-ring (bicyclic) bond motifs is 3. The first-order chi connectivity index (χ1) is 12.8. The summed E-state index contributed by atoms with van der Waals surface area (Å²) < 4.78 is 9.34. The molecular weight excluding hydrogens is 393 g/mol. The van der Waals surface area contributed by atoms with E-state index in [4.69, 9.17) is 0 Å². The molecule has 0 N–H and O–H groups in total. The van der Waals surface area contributed by atoms with Gasteiger partial charge in [-0.05, 0) is 49.9 Å². The first-order valence-corrected chi connectivity index (χ1v) is 12.7. The molecule has 2 aromatic carbocycles. The molecule has 0 bridgehead atoms. The fraction of sp³-hybridized carbons (Fsp3) is 0.364. The van der Waals surface area contributed by atoms with E-state index in [2.05, 4.69) is 93.9 Å². The lowest BCUT2D eigenvalue weighted by Crippen LogP contribution is -2.38. The van der Waals surface area contributed by atoms with Crippen LogP contribution in [0.25, 0.3) is 18.8 Å². The average Bonchev–Trinajstić information content (AvgIpc) is 3.40. The van der Waals surface area contributed by atoms with Gasteiger partial charge in [0.2, 0.25) is 0 Å². The molecule has 0 saturated heterocycles. The molecule has 2 aliphatic rings. The van der Waals surface area contributed by atoms with Crippen LogP contribution in [0.15, 0.2) is 48.5 Å². The minimum atomic E-state index is 0.402. The summed E-state index contributed by atoms with van der Waals surface area (Å²) in [6, 6.07) is 18.0. The summed E-state index contributed by atoms with van der Waals surface area (Å²) >= 11 is 8.36. The standard InChI is InChI=1S/C22H20S4/c1-2-8-16-15(7-1)23-19(24-16)21-11-5-13-22(21,14-6-12-21)20-25-17-9-3-4-10-18(17)26-20/h1-4,7-10H,5-6,11-14H2/q+2. The zero-order valence-electron chi connectivity index (χ0n) is 14.5. The number of benzene rings is 2. The molecule has 2 aliphatic carbocycles. The first-order valence-electron chi connectivity index (χ1n) is 9.45. The van der Waals surface area contributed by atoms with Crippen LogP contribution in [0.5, 0.6) is 0 Å². The molecule has 2 saturated carbocycles. The van der Waals surface area contributed by atoms with E-state index >= 15 is 0 Å². The summed E-state index contributed by atoms with van der Waals surface area (Å²) in [4.78, 5) is 0. The molecule has 130 valence electrons. The minimum absolute atomic E-state index is 0.402. The highest BCUT2D eigenvalue weighted by Crippen LogP contribution is 2.68. The largest absolute Gasteiger partial charge is 0.262 e. The van der Waals surface area contributed by atoms with Crippen molar-refractivity contribution in [3.05, 3.63) is 56.9 Å². The van der Waals surface area contributed by atoms with Gasteiger partial charge in [0, 0.05) is 0 Å². The lowest BCUT2D eigenvalue weighted by Gasteiger charge is -2.31. The molecule has 0 radical (unpaired) electrons. The van der Waals surface area contributed by atoms with Gasteiger partial charge in [0.05, 0.1) is 56.2 Å². The molecule has 0 nitrogen and oxygen atoms in total. The van der Waals surface area contributed by atoms with Gasteiger partial charge >= 0.3 is 0 Å². The smallest absolute Gasteiger partial charge is 0.0587 e. The van der Waals surface area contributed by atoms with Crippen LogP contribution in [0.2, 0.25) is 0 Å². The third kappa shape index (κ3) is 2.05. The Labute approximate surface area is 169 Å². The number of rotatable bonds is 2. The maximum atomic E-state index is 2.31. The summed E-state index contributed by atoms with van der Waals surface area (Å²) in [6.45, 7) is 0. The van der Waals surface area contributed by atoms with Crippen LogP contribution in [0.3, 0.4) is 0 Å². The fourth-order valence-corrected chi connectivity index (χ4v) is 11.8. The Morgan fingerprint density at radius 2 is 1.04 bits per heavy atom. The Bertz CT molecular complexity index is 955. The molecule has 26 heavy (non-hydrogen) atoms. The van der Waals surface area contributed by atoms with Gasteiger partial charge in [-0.1, -0.05) is 37.1 Å². The molecule has 0 unspecified atom stereocenters. The van der Waals surface area contributed by atoms with Crippen molar-refractivity contribution in [2.75, 3.05) is 0 Å². The van der Waals surface area contributed by atoms with Crippen LogP contribution in [-0.2, 0) is 10.8 Å². The van der Waals surface area contributed by atoms with Crippen LogP contribution in [-0.4, -0.2) is 0 Å². The molecule has 0 atom stereocenters. The zero-order chi connectivity index (χ0) is 17.2. The van der Waals surface area contributed by atoms with Crippen LogP contribution in [0, 0.1) is 0 Å². The third-order valence-corrected chi connectivity index (χ3v) is 12.5. The van der Waals surface area contributed by atoms with Gasteiger partial charge in [0.25, 0.3) is 8.38 Å². The second-order valence-corrected chi connectivity index (χ2v) is 12.5. The van der Waals surface area contributed by atoms with Crippen molar-refractivity contribution >= 4 is 64.1 Å². The Morgan fingerprint density at radius 1 is 0.615 bits per heavy atom. The van der Waals surface area contributed by atoms with Crippen molar-refractivity contribution in [2.24, 2.45) is 0 Å². The van der Waals surface area contributed by atoms with Crippen molar-refractivity contribution in [1.29, 1.82) is 0 Å². The predicted molar refractivity (Wildman–Crippen MR) is 119 cm³/mol. The highest BCUT2D eigenvalue weighted by molar-refractivity contribution is 7.40. The topological polar surface area (TPSA) is 0 Å². The highest BCUT2D eigenvalue weighted by atomic mass is 32.2. The fourth-order valence-electron chi connectivity index (χ4n) is 5.46. The van der Waals surface area contributed by atoms with Crippen LogP contribution >= 0.6 is 45.3 Å². The molecule has 4 aromatic rings. The van der Waals surface area contributed by atoms with E-state index in [-0.39, 0.29) is 0 Å². The average molecular weight is 413 g/mol. The molecule has 4 heteroatoms. The van der Waals surface area contributed by atoms with Crippen molar-refractivity contribution in [2.45, 2.75) is 49.4 Å². The van der Waals surface area contributed by atoms with Crippen LogP contribution in [0.1, 0.15) is 46.9 Å². The Hall–Kier alpha value is -0.940. The Morgan fingerprint density at radius 3 is 1.46 bits per heavy atom. The molecule has 2 aromatic heterocycles. The van der Waals surface area contributed by atoms with Gasteiger partial charge in [-0.2, -0.15) is 0 Å². The maximum absolute atomic E-state index is 2.31. The molecule has 2 fully saturated rings. The summed E-state index contributed by atoms with van der Waals surface area (Å²) in [7, 11) is 0. The van der Waals surface area contributed by atoms with E-state index in [1.807, 2.05) is 0 Å². The molecule has 2 heterocycles. The molecule has 0 amide bonds. The van der Waals surface area contributed by atoms with Crippen molar-refractivity contribution in [1.82, 2.24) is 0 Å². The van der Waals surface area contributed by atoms with E-state index < -0.39 is 0 Å². The van der Waals surface area contributed by atoms with E-state index in [0.29, 0.717) is 10.8 Å². The van der Waals surface area contributed by atoms with Gasteiger partial charge in [-0.3, -0.25) is 0 Å². The minimum Gasteiger partial charge on any atom is -0.0587 e. The van der Waals surface area contributed by atoms with E-state index in [0.717, 1.165) is 0 Å². The van der Waals surface area contributed by atoms with E-state index in [9.17, 15) is 0 Å². The van der Waals surface area contributed by atoms with E-state index in [1.54, 1.807) is 8.38 Å². The van der Waals surface area contributed by atoms with Gasteiger partial charge in [-0.25, -0.2) is 0 Å². The third-order valence-electron chi connectivity index (χ3n) is 6.62. The van der Waals surface area contributed by atoms with Gasteiger partial charge in [-0.15, -0.1) is 0 Å². The lowest BCUT2D eigenvalue weighted by atomic mass is 9.70. The summed E-state index contributed by atoms with van der Waals surface area (Å²) in [5, 5.41) is 0. The van der Waals surface area contributed by atoms with Crippen molar-refractivity contribution in [3.63, 3.8) is 0 Å². The van der Waals surface area contributed by atoms with Crippen LogP contribution < -0.4 is 0 Å². The quantitative estimate of drug-likeness (QED) is 0.290. The maximum Gasteiger partial charge on any atom is 0.262 e. The zero-order valence-corrected chi connectivity index (χ0v) is 17.8. The monoisotopic (exact) mass is 412 g/mol. The van der Waals surface area contributed by atoms with Crippen LogP contribution in [0.4, 0.5) is 0 Å². The lowest BCUT2D eigenvalue weighted by molar-refractivity contribution is 0.324. The van der Waals surface area contributed by atoms with Crippen molar-refractivity contribution in [3.8, 4) is 0 Å². The Balaban J connectivity index is 1.58. The first kappa shape index (κ1) is 16.1. The SMILES string of the molecule is c1ccc2[s+]c(C34CCCC3(c3sc5ccccc5[s+]3)CCC4)sc2c1. The molecule has 0 aliphatic heterocycles. The molecular formula is C22H20S4+2. The van der Waals surface area contributed by atoms with E-state index in [1.165, 1.54) is 57.3 Å². The molecule has 6 rings (SSSR count). The highest BCUT2D eigenvalue weighted by Gasteiger charge is 2.67. The molecule has 0 spiro atoms. The second kappa shape index (κ2) is 5.78. The summed E-state index contributed by atoms with van der Waals surface area (Å²) in [6.07, 6.45) is 8.33. The predicted octanol–water partition coefficient (Wildman–Crippen LogP) is 8.34. The number of hydrogen-bond acceptors (Lipinski definition) is 2.